The van der Waals surface area contributed by atoms with Crippen LogP contribution in [-0.2, 0) is 11.2 Å². The van der Waals surface area contributed by atoms with Crippen molar-refractivity contribution in [1.82, 2.24) is 0 Å². The number of amides is 1. The van der Waals surface area contributed by atoms with Crippen molar-refractivity contribution < 1.29 is 19.0 Å². The normalized spacial score (nSPS) is 16.2. The summed E-state index contributed by atoms with van der Waals surface area (Å²) in [5, 5.41) is 15.8. The first-order chi connectivity index (χ1) is 11.7. The summed E-state index contributed by atoms with van der Waals surface area (Å²) in [4.78, 5) is 11.0. The molecule has 0 aliphatic carbocycles. The zero-order chi connectivity index (χ0) is 18.2. The van der Waals surface area contributed by atoms with Gasteiger partial charge in [-0.2, -0.15) is 0 Å². The van der Waals surface area contributed by atoms with E-state index >= 15 is 0 Å². The monoisotopic (exact) mass is 382 g/mol. The maximum Gasteiger partial charge on any atom is 0.223 e. The molecule has 1 amide bonds. The number of phenolic OH excluding ortho intramolecular Hbond substituents is 1. The van der Waals surface area contributed by atoms with Crippen molar-refractivity contribution in [3.05, 3.63) is 47.0 Å². The minimum absolute atomic E-state index is 0.00512. The molecule has 25 heavy (non-hydrogen) atoms. The van der Waals surface area contributed by atoms with Gasteiger partial charge in [-0.15, -0.1) is 4.40 Å². The van der Waals surface area contributed by atoms with Gasteiger partial charge in [-0.05, 0) is 23.8 Å². The average Bonchev–Trinajstić information content (AvgIpc) is 2.48. The fraction of sp³-hybridized carbons (Fsp3) is 0.0667. The van der Waals surface area contributed by atoms with Crippen molar-refractivity contribution in [2.75, 3.05) is 10.6 Å². The Kier molecular flexibility index (Phi) is 4.48. The van der Waals surface area contributed by atoms with Crippen LogP contribution in [0, 0.1) is 0 Å². The molecule has 0 saturated heterocycles. The van der Waals surface area contributed by atoms with E-state index in [0.29, 0.717) is 11.3 Å². The first-order valence-corrected chi connectivity index (χ1v) is 8.95. The van der Waals surface area contributed by atoms with Gasteiger partial charge in [-0.1, -0.05) is 34.5 Å². The third-order valence-corrected chi connectivity index (χ3v) is 4.94. The highest BCUT2D eigenvalue weighted by Crippen LogP contribution is 2.57. The van der Waals surface area contributed by atoms with E-state index in [9.17, 15) is 19.0 Å². The second kappa shape index (κ2) is 6.45. The highest BCUT2D eigenvalue weighted by atomic mass is 35.5. The van der Waals surface area contributed by atoms with E-state index in [2.05, 4.69) is 15.0 Å². The summed E-state index contributed by atoms with van der Waals surface area (Å²) in [5.41, 5.74) is 6.53. The van der Waals surface area contributed by atoms with Crippen molar-refractivity contribution in [3.8, 4) is 5.75 Å². The molecular formula is C15H15ClN4O4S. The second-order valence-corrected chi connectivity index (χ2v) is 7.45. The molecular weight excluding hydrogens is 368 g/mol. The van der Waals surface area contributed by atoms with Crippen LogP contribution in [-0.4, -0.2) is 26.1 Å². The van der Waals surface area contributed by atoms with Gasteiger partial charge in [0.05, 0.1) is 6.42 Å². The highest BCUT2D eigenvalue weighted by Gasteiger charge is 2.28. The van der Waals surface area contributed by atoms with Crippen LogP contribution in [0.3, 0.4) is 0 Å². The molecule has 1 heterocycles. The Morgan fingerprint density at radius 2 is 2.08 bits per heavy atom. The van der Waals surface area contributed by atoms with Crippen molar-refractivity contribution in [3.63, 3.8) is 0 Å². The number of carbonyl (C=O) groups is 1. The zero-order valence-corrected chi connectivity index (χ0v) is 14.3. The Morgan fingerprint density at radius 1 is 1.32 bits per heavy atom. The summed E-state index contributed by atoms with van der Waals surface area (Å²) < 4.78 is 24.3. The van der Waals surface area contributed by atoms with Crippen LogP contribution in [0.4, 0.5) is 11.4 Å². The lowest BCUT2D eigenvalue weighted by Gasteiger charge is -2.34. The maximum atomic E-state index is 11.0. The standard InChI is InChI=1S/C15H15ClN4O4S/c16-9-6-11(21)14-12(7-9)25(23,24)20-15(19-14)18-10-3-1-2-8(4-10)5-13(17)22/h1-4,6-7,21,23-24H,5H2,(H2,17,22)(H2,18,19,20). The molecule has 0 unspecified atom stereocenters. The summed E-state index contributed by atoms with van der Waals surface area (Å²) >= 11 is 5.84. The van der Waals surface area contributed by atoms with Crippen LogP contribution in [0.1, 0.15) is 5.56 Å². The van der Waals surface area contributed by atoms with Crippen LogP contribution in [0.5, 0.6) is 5.75 Å². The molecule has 0 radical (unpaired) electrons. The van der Waals surface area contributed by atoms with Crippen molar-refractivity contribution in [2.24, 2.45) is 10.1 Å². The Morgan fingerprint density at radius 3 is 2.80 bits per heavy atom. The molecule has 2 aromatic rings. The molecule has 2 aromatic carbocycles. The van der Waals surface area contributed by atoms with E-state index < -0.39 is 16.7 Å². The minimum Gasteiger partial charge on any atom is -0.506 e. The van der Waals surface area contributed by atoms with Gasteiger partial charge in [-0.3, -0.25) is 13.9 Å². The van der Waals surface area contributed by atoms with Gasteiger partial charge < -0.3 is 21.5 Å². The molecule has 10 heteroatoms. The molecule has 1 aliphatic rings. The Balaban J connectivity index is 1.90. The number of hydrogen-bond donors (Lipinski definition) is 6. The predicted octanol–water partition coefficient (Wildman–Crippen LogP) is 2.99. The van der Waals surface area contributed by atoms with E-state index in [0.717, 1.165) is 0 Å². The number of rotatable bonds is 3. The topological polar surface area (TPSA) is 140 Å². The van der Waals surface area contributed by atoms with Crippen LogP contribution in [0.2, 0.25) is 5.02 Å². The molecule has 1 aliphatic heterocycles. The van der Waals surface area contributed by atoms with Crippen LogP contribution >= 0.6 is 22.4 Å². The fourth-order valence-electron chi connectivity index (χ4n) is 2.38. The number of carbonyl (C=O) groups excluding carboxylic acids is 1. The summed E-state index contributed by atoms with van der Waals surface area (Å²) in [6.45, 7) is 0. The zero-order valence-electron chi connectivity index (χ0n) is 12.7. The molecule has 8 nitrogen and oxygen atoms in total. The number of nitrogens with one attached hydrogen (secondary N) is 2. The van der Waals surface area contributed by atoms with E-state index in [1.54, 1.807) is 24.3 Å². The number of phenols is 1. The summed E-state index contributed by atoms with van der Waals surface area (Å²) in [6, 6.07) is 9.44. The summed E-state index contributed by atoms with van der Waals surface area (Å²) in [6.07, 6.45) is 0.0761. The Labute approximate surface area is 149 Å². The molecule has 7 N–H and O–H groups in total. The van der Waals surface area contributed by atoms with E-state index in [4.69, 9.17) is 17.3 Å². The van der Waals surface area contributed by atoms with Gasteiger partial charge in [0.2, 0.25) is 11.9 Å². The van der Waals surface area contributed by atoms with E-state index in [1.807, 2.05) is 0 Å². The molecule has 0 bridgehead atoms. The third-order valence-electron chi connectivity index (χ3n) is 3.37. The minimum atomic E-state index is -3.54. The van der Waals surface area contributed by atoms with Crippen molar-refractivity contribution in [2.45, 2.75) is 11.3 Å². The number of hydrogen-bond acceptors (Lipinski definition) is 7. The number of guanidine groups is 1. The molecule has 0 saturated carbocycles. The largest absolute Gasteiger partial charge is 0.506 e. The van der Waals surface area contributed by atoms with E-state index in [1.165, 1.54) is 12.1 Å². The molecule has 0 aromatic heterocycles. The van der Waals surface area contributed by atoms with Crippen molar-refractivity contribution in [1.29, 1.82) is 0 Å². The third kappa shape index (κ3) is 3.80. The van der Waals surface area contributed by atoms with Gasteiger partial charge in [0.15, 0.2) is 0 Å². The number of fused-ring (bicyclic) bond motifs is 1. The number of primary amides is 1. The highest BCUT2D eigenvalue weighted by molar-refractivity contribution is 8.23. The smallest absolute Gasteiger partial charge is 0.223 e. The lowest BCUT2D eigenvalue weighted by Crippen LogP contribution is -2.27. The Hall–Kier alpha value is -2.46. The van der Waals surface area contributed by atoms with Crippen molar-refractivity contribution >= 4 is 45.6 Å². The molecule has 0 atom stereocenters. The van der Waals surface area contributed by atoms with Gasteiger partial charge in [-0.25, -0.2) is 0 Å². The maximum absolute atomic E-state index is 11.0. The van der Waals surface area contributed by atoms with Crippen LogP contribution in [0.15, 0.2) is 45.7 Å². The number of halogens is 1. The molecule has 0 fully saturated rings. The molecule has 132 valence electrons. The van der Waals surface area contributed by atoms with Gasteiger partial charge in [0, 0.05) is 16.8 Å². The fourth-order valence-corrected chi connectivity index (χ4v) is 3.81. The quantitative estimate of drug-likeness (QED) is 0.451. The number of nitrogens with two attached hydrogens (primary N) is 1. The van der Waals surface area contributed by atoms with Gasteiger partial charge in [0.25, 0.3) is 0 Å². The lowest BCUT2D eigenvalue weighted by molar-refractivity contribution is -0.117. The summed E-state index contributed by atoms with van der Waals surface area (Å²) in [7, 11) is -3.54. The average molecular weight is 383 g/mol. The molecule has 3 rings (SSSR count). The van der Waals surface area contributed by atoms with Crippen LogP contribution in [0.25, 0.3) is 0 Å². The first kappa shape index (κ1) is 17.4. The second-order valence-electron chi connectivity index (χ2n) is 5.35. The van der Waals surface area contributed by atoms with Crippen LogP contribution < -0.4 is 16.4 Å². The van der Waals surface area contributed by atoms with Gasteiger partial charge >= 0.3 is 0 Å². The number of nitrogens with zero attached hydrogens (tertiary/aromatic N) is 1. The lowest BCUT2D eigenvalue weighted by atomic mass is 10.1. The number of aromatic hydroxyl groups is 1. The molecule has 0 spiro atoms. The number of anilines is 2. The summed E-state index contributed by atoms with van der Waals surface area (Å²) in [5.74, 6) is -0.671. The number of benzene rings is 2. The van der Waals surface area contributed by atoms with Gasteiger partial charge in [0.1, 0.15) is 16.3 Å². The first-order valence-electron chi connectivity index (χ1n) is 7.06. The predicted molar refractivity (Wildman–Crippen MR) is 98.3 cm³/mol. The van der Waals surface area contributed by atoms with E-state index in [-0.39, 0.29) is 33.7 Å². The SMILES string of the molecule is NC(=O)Cc1cccc(NC2=NS(O)(O)c3cc(Cl)cc(O)c3N2)c1. The Bertz CT molecular complexity index is 888.